The van der Waals surface area contributed by atoms with E-state index < -0.39 is 6.17 Å². The lowest BCUT2D eigenvalue weighted by atomic mass is 9.61. The molecule has 2 aliphatic carbocycles. The minimum Gasteiger partial charge on any atom is -0.361 e. The third-order valence-electron chi connectivity index (χ3n) is 9.08. The van der Waals surface area contributed by atoms with Crippen molar-refractivity contribution in [3.8, 4) is 6.07 Å². The van der Waals surface area contributed by atoms with Crippen molar-refractivity contribution in [1.29, 1.82) is 5.26 Å². The predicted molar refractivity (Wildman–Crippen MR) is 114 cm³/mol. The van der Waals surface area contributed by atoms with Gasteiger partial charge in [-0.15, -0.1) is 0 Å². The number of likely N-dealkylation sites (tertiary alicyclic amines) is 1. The Morgan fingerprint density at radius 2 is 2.03 bits per heavy atom. The first kappa shape index (κ1) is 21.1. The molecule has 7 unspecified atom stereocenters. The molecule has 3 saturated heterocycles. The summed E-state index contributed by atoms with van der Waals surface area (Å²) in [5.74, 6) is 1.79. The van der Waals surface area contributed by atoms with Crippen molar-refractivity contribution < 1.29 is 9.13 Å². The molecule has 5 nitrogen and oxygen atoms in total. The lowest BCUT2D eigenvalue weighted by Crippen LogP contribution is -2.63. The van der Waals surface area contributed by atoms with Crippen LogP contribution < -0.4 is 10.6 Å². The van der Waals surface area contributed by atoms with Gasteiger partial charge in [-0.2, -0.15) is 5.26 Å². The fourth-order valence-corrected chi connectivity index (χ4v) is 7.71. The summed E-state index contributed by atoms with van der Waals surface area (Å²) in [6.07, 6.45) is 8.14. The maximum absolute atomic E-state index is 14.7. The second-order valence-electron chi connectivity index (χ2n) is 11.0. The second-order valence-corrected chi connectivity index (χ2v) is 11.0. The normalized spacial score (nSPS) is 44.5. The van der Waals surface area contributed by atoms with Crippen molar-refractivity contribution in [2.45, 2.75) is 63.6 Å². The van der Waals surface area contributed by atoms with Gasteiger partial charge in [-0.25, -0.2) is 4.39 Å². The van der Waals surface area contributed by atoms with Crippen LogP contribution in [0.3, 0.4) is 0 Å². The maximum atomic E-state index is 14.7. The summed E-state index contributed by atoms with van der Waals surface area (Å²) in [5, 5.41) is 16.2. The molecule has 3 heterocycles. The number of halogens is 1. The van der Waals surface area contributed by atoms with Gasteiger partial charge in [-0.1, -0.05) is 6.42 Å². The summed E-state index contributed by atoms with van der Waals surface area (Å²) >= 11 is 0. The SMILES string of the molecule is N#CC1CCC(C2CCCC(CN3CC4(CCCNC4)C3)C2C2CNCO2)CC1F. The highest BCUT2D eigenvalue weighted by atomic mass is 19.1. The van der Waals surface area contributed by atoms with Gasteiger partial charge in [-0.3, -0.25) is 5.32 Å². The number of nitrogens with one attached hydrogen (secondary N) is 2. The molecule has 7 atom stereocenters. The zero-order valence-electron chi connectivity index (χ0n) is 18.3. The minimum absolute atomic E-state index is 0.277. The van der Waals surface area contributed by atoms with E-state index in [1.807, 2.05) is 0 Å². The quantitative estimate of drug-likeness (QED) is 0.735. The van der Waals surface area contributed by atoms with E-state index in [9.17, 15) is 9.65 Å². The first-order valence-electron chi connectivity index (χ1n) is 12.5. The Morgan fingerprint density at radius 3 is 2.73 bits per heavy atom. The number of rotatable bonds is 4. The number of piperidine rings is 1. The fourth-order valence-electron chi connectivity index (χ4n) is 7.71. The van der Waals surface area contributed by atoms with Crippen molar-refractivity contribution in [2.24, 2.45) is 35.0 Å². The topological polar surface area (TPSA) is 60.3 Å². The summed E-state index contributed by atoms with van der Waals surface area (Å²) in [6, 6.07) is 2.20. The minimum atomic E-state index is -0.938. The van der Waals surface area contributed by atoms with Crippen molar-refractivity contribution in [1.82, 2.24) is 15.5 Å². The van der Waals surface area contributed by atoms with Crippen LogP contribution in [0, 0.1) is 46.3 Å². The van der Waals surface area contributed by atoms with Gasteiger partial charge in [0.05, 0.1) is 24.8 Å². The van der Waals surface area contributed by atoms with Gasteiger partial charge in [0.2, 0.25) is 0 Å². The zero-order valence-corrected chi connectivity index (χ0v) is 18.3. The van der Waals surface area contributed by atoms with Gasteiger partial charge >= 0.3 is 0 Å². The lowest BCUT2D eigenvalue weighted by molar-refractivity contribution is -0.0743. The molecule has 0 bridgehead atoms. The van der Waals surface area contributed by atoms with Crippen LogP contribution in [0.1, 0.15) is 51.4 Å². The van der Waals surface area contributed by atoms with E-state index in [-0.39, 0.29) is 12.0 Å². The maximum Gasteiger partial charge on any atom is 0.116 e. The number of ether oxygens (including phenoxy) is 1. The van der Waals surface area contributed by atoms with E-state index in [0.717, 1.165) is 19.4 Å². The van der Waals surface area contributed by atoms with Crippen LogP contribution in [0.15, 0.2) is 0 Å². The summed E-state index contributed by atoms with van der Waals surface area (Å²) in [5.41, 5.74) is 0.532. The Hall–Kier alpha value is -0.740. The molecule has 0 aromatic carbocycles. The smallest absolute Gasteiger partial charge is 0.116 e. The first-order valence-corrected chi connectivity index (χ1v) is 12.5. The fraction of sp³-hybridized carbons (Fsp3) is 0.958. The van der Waals surface area contributed by atoms with E-state index in [1.54, 1.807) is 0 Å². The van der Waals surface area contributed by atoms with Gasteiger partial charge in [0.1, 0.15) is 6.17 Å². The Balaban J connectivity index is 1.26. The van der Waals surface area contributed by atoms with Crippen molar-refractivity contribution in [3.05, 3.63) is 0 Å². The first-order chi connectivity index (χ1) is 14.7. The average molecular weight is 419 g/mol. The molecule has 168 valence electrons. The highest BCUT2D eigenvalue weighted by Gasteiger charge is 2.49. The molecular formula is C24H39FN4O. The molecule has 5 fully saturated rings. The number of hydrogen-bond acceptors (Lipinski definition) is 5. The van der Waals surface area contributed by atoms with Gasteiger partial charge < -0.3 is 15.0 Å². The monoisotopic (exact) mass is 418 g/mol. The van der Waals surface area contributed by atoms with Crippen LogP contribution in [0.25, 0.3) is 0 Å². The van der Waals surface area contributed by atoms with Crippen LogP contribution in [0.5, 0.6) is 0 Å². The number of nitrogens with zero attached hydrogens (tertiary/aromatic N) is 2. The van der Waals surface area contributed by atoms with Gasteiger partial charge in [0.25, 0.3) is 0 Å². The van der Waals surface area contributed by atoms with Gasteiger partial charge in [0.15, 0.2) is 0 Å². The van der Waals surface area contributed by atoms with Crippen molar-refractivity contribution >= 4 is 0 Å². The molecule has 5 aliphatic rings. The third-order valence-corrected chi connectivity index (χ3v) is 9.08. The Morgan fingerprint density at radius 1 is 1.13 bits per heavy atom. The molecule has 0 aromatic rings. The molecule has 0 aromatic heterocycles. The van der Waals surface area contributed by atoms with E-state index in [0.29, 0.717) is 42.2 Å². The lowest BCUT2D eigenvalue weighted by Gasteiger charge is -2.55. The molecule has 6 heteroatoms. The largest absolute Gasteiger partial charge is 0.361 e. The highest BCUT2D eigenvalue weighted by Crippen LogP contribution is 2.48. The van der Waals surface area contributed by atoms with E-state index in [2.05, 4.69) is 21.6 Å². The molecule has 30 heavy (non-hydrogen) atoms. The summed E-state index contributed by atoms with van der Waals surface area (Å²) in [7, 11) is 0. The Bertz CT molecular complexity index is 619. The van der Waals surface area contributed by atoms with Crippen LogP contribution in [0.2, 0.25) is 0 Å². The van der Waals surface area contributed by atoms with Gasteiger partial charge in [-0.05, 0) is 75.2 Å². The Labute approximate surface area is 181 Å². The van der Waals surface area contributed by atoms with Gasteiger partial charge in [0, 0.05) is 38.1 Å². The zero-order chi connectivity index (χ0) is 20.6. The molecule has 1 spiro atoms. The summed E-state index contributed by atoms with van der Waals surface area (Å²) in [4.78, 5) is 2.69. The van der Waals surface area contributed by atoms with E-state index in [4.69, 9.17) is 4.74 Å². The highest BCUT2D eigenvalue weighted by molar-refractivity contribution is 5.02. The molecule has 5 rings (SSSR count). The summed E-state index contributed by atoms with van der Waals surface area (Å²) < 4.78 is 20.8. The number of nitriles is 1. The van der Waals surface area contributed by atoms with Crippen LogP contribution in [-0.2, 0) is 4.74 Å². The second kappa shape index (κ2) is 9.02. The molecule has 0 radical (unpaired) electrons. The third kappa shape index (κ3) is 4.16. The molecule has 0 amide bonds. The molecule has 2 N–H and O–H groups in total. The summed E-state index contributed by atoms with van der Waals surface area (Å²) in [6.45, 7) is 7.66. The molecule has 2 saturated carbocycles. The van der Waals surface area contributed by atoms with E-state index in [1.165, 1.54) is 64.8 Å². The number of hydrogen-bond donors (Lipinski definition) is 2. The van der Waals surface area contributed by atoms with Crippen molar-refractivity contribution in [3.63, 3.8) is 0 Å². The van der Waals surface area contributed by atoms with E-state index >= 15 is 0 Å². The molecule has 3 aliphatic heterocycles. The predicted octanol–water partition coefficient (Wildman–Crippen LogP) is 2.93. The van der Waals surface area contributed by atoms with Crippen LogP contribution >= 0.6 is 0 Å². The van der Waals surface area contributed by atoms with Crippen LogP contribution in [0.4, 0.5) is 4.39 Å². The van der Waals surface area contributed by atoms with Crippen LogP contribution in [-0.4, -0.2) is 63.2 Å². The standard InChI is InChI=1S/C24H39FN4O/c25-21-9-17(5-6-18(21)10-26)20-4-1-3-19(23(20)22-11-28-16-30-22)12-29-14-24(15-29)7-2-8-27-13-24/h17-23,27-28H,1-9,11-16H2. The average Bonchev–Trinajstić information content (AvgIpc) is 3.27. The molecular weight excluding hydrogens is 379 g/mol. The Kier molecular flexibility index (Phi) is 6.35. The van der Waals surface area contributed by atoms with Crippen molar-refractivity contribution in [2.75, 3.05) is 46.0 Å². The number of alkyl halides is 1.